The van der Waals surface area contributed by atoms with Crippen molar-refractivity contribution in [2.24, 2.45) is 0 Å². The van der Waals surface area contributed by atoms with Gasteiger partial charge in [-0.3, -0.25) is 4.79 Å². The second-order valence-corrected chi connectivity index (χ2v) is 9.42. The van der Waals surface area contributed by atoms with Crippen molar-refractivity contribution in [2.45, 2.75) is 44.6 Å². The summed E-state index contributed by atoms with van der Waals surface area (Å²) < 4.78 is 45.6. The third kappa shape index (κ3) is 4.19. The van der Waals surface area contributed by atoms with Crippen molar-refractivity contribution in [3.63, 3.8) is 0 Å². The Hall–Kier alpha value is -2.95. The summed E-state index contributed by atoms with van der Waals surface area (Å²) in [6, 6.07) is 5.94. The lowest BCUT2D eigenvalue weighted by Crippen LogP contribution is -2.56. The summed E-state index contributed by atoms with van der Waals surface area (Å²) in [5, 5.41) is 14.4. The molecule has 2 aliphatic rings. The number of pyridine rings is 1. The number of carbonyl (C=O) groups is 1. The van der Waals surface area contributed by atoms with E-state index in [2.05, 4.69) is 21.4 Å². The molecule has 1 saturated heterocycles. The van der Waals surface area contributed by atoms with E-state index in [1.165, 1.54) is 0 Å². The lowest BCUT2D eigenvalue weighted by Gasteiger charge is -2.37. The Morgan fingerprint density at radius 2 is 2.06 bits per heavy atom. The highest BCUT2D eigenvalue weighted by atomic mass is 19.4. The molecule has 3 N–H and O–H groups in total. The number of H-pyrrole nitrogens is 1. The Morgan fingerprint density at radius 1 is 1.26 bits per heavy atom. The number of aromatic amines is 1. The number of hydrogen-bond acceptors (Lipinski definition) is 5. The summed E-state index contributed by atoms with van der Waals surface area (Å²) in [5.74, 6) is -1.34. The largest absolute Gasteiger partial charge is 0.426 e. The summed E-state index contributed by atoms with van der Waals surface area (Å²) in [6.45, 7) is 4.23. The van der Waals surface area contributed by atoms with E-state index in [9.17, 15) is 23.1 Å². The number of halogens is 3. The number of hydrogen-bond donors (Lipinski definition) is 3. The monoisotopic (exact) mass is 488 g/mol. The van der Waals surface area contributed by atoms with E-state index >= 15 is 0 Å². The number of amides is 1. The molecule has 2 aliphatic heterocycles. The number of aryl methyl sites for hydroxylation is 1. The van der Waals surface area contributed by atoms with Gasteiger partial charge in [0.05, 0.1) is 19.3 Å². The molecule has 35 heavy (non-hydrogen) atoms. The Morgan fingerprint density at radius 3 is 2.77 bits per heavy atom. The smallest absolute Gasteiger partial charge is 0.378 e. The zero-order chi connectivity index (χ0) is 25.0. The highest BCUT2D eigenvalue weighted by Crippen LogP contribution is 2.37. The first-order chi connectivity index (χ1) is 16.6. The van der Waals surface area contributed by atoms with E-state index in [1.807, 2.05) is 25.3 Å². The highest BCUT2D eigenvalue weighted by molar-refractivity contribution is 5.86. The first-order valence-corrected chi connectivity index (χ1v) is 11.6. The lowest BCUT2D eigenvalue weighted by molar-refractivity contribution is -0.250. The molecule has 0 saturated carbocycles. The zero-order valence-corrected chi connectivity index (χ0v) is 19.5. The zero-order valence-electron chi connectivity index (χ0n) is 19.5. The van der Waals surface area contributed by atoms with Gasteiger partial charge in [-0.05, 0) is 60.2 Å². The second kappa shape index (κ2) is 8.61. The minimum Gasteiger partial charge on any atom is -0.378 e. The summed E-state index contributed by atoms with van der Waals surface area (Å²) in [5.41, 5.74) is 2.97. The fourth-order valence-corrected chi connectivity index (χ4v) is 4.84. The van der Waals surface area contributed by atoms with Crippen LogP contribution >= 0.6 is 0 Å². The summed E-state index contributed by atoms with van der Waals surface area (Å²) in [6.07, 6.45) is -0.974. The topological polar surface area (TPSA) is 90.5 Å². The first-order valence-electron chi connectivity index (χ1n) is 11.6. The molecule has 0 aliphatic carbocycles. The quantitative estimate of drug-likeness (QED) is 0.526. The lowest BCUT2D eigenvalue weighted by atomic mass is 9.87. The minimum absolute atomic E-state index is 0.0115. The van der Waals surface area contributed by atoms with E-state index in [4.69, 9.17) is 4.74 Å². The van der Waals surface area contributed by atoms with Crippen molar-refractivity contribution in [3.05, 3.63) is 52.8 Å². The predicted octanol–water partition coefficient (Wildman–Crippen LogP) is 3.40. The SMILES string of the molecule is Cc1c[nH]c2ncc(-c3cc4c(c([C@@H]5COCCN5)c3)CN(C(=O)[C@@](C)(O)C(F)(F)F)CC4)cc12. The summed E-state index contributed by atoms with van der Waals surface area (Å²) >= 11 is 0. The van der Waals surface area contributed by atoms with Crippen LogP contribution in [0.5, 0.6) is 0 Å². The molecule has 0 bridgehead atoms. The Balaban J connectivity index is 1.56. The van der Waals surface area contributed by atoms with Crippen LogP contribution in [0.3, 0.4) is 0 Å². The van der Waals surface area contributed by atoms with Gasteiger partial charge in [0.15, 0.2) is 0 Å². The van der Waals surface area contributed by atoms with Crippen LogP contribution in [0.15, 0.2) is 30.6 Å². The minimum atomic E-state index is -5.06. The molecule has 1 fully saturated rings. The predicted molar refractivity (Wildman–Crippen MR) is 124 cm³/mol. The van der Waals surface area contributed by atoms with E-state index < -0.39 is 17.7 Å². The van der Waals surface area contributed by atoms with Gasteiger partial charge in [0.1, 0.15) is 5.65 Å². The normalized spacial score (nSPS) is 20.5. The van der Waals surface area contributed by atoms with Gasteiger partial charge in [-0.1, -0.05) is 6.07 Å². The van der Waals surface area contributed by atoms with Gasteiger partial charge in [-0.25, -0.2) is 4.98 Å². The standard InChI is InChI=1S/C25H27F3N4O3/c1-14-10-30-22-18(14)9-17(11-31-22)16-7-15-3-5-32(23(33)24(2,34)25(26,27)28)12-20(15)19(8-16)21-13-35-6-4-29-21/h7-11,21,29,34H,3-6,12-13H2,1-2H3,(H,30,31)/t21-,24+/m0/s1. The van der Waals surface area contributed by atoms with Gasteiger partial charge < -0.3 is 25.0 Å². The molecule has 186 valence electrons. The summed E-state index contributed by atoms with van der Waals surface area (Å²) in [7, 11) is 0. The number of nitrogens with zero attached hydrogens (tertiary/aromatic N) is 2. The average Bonchev–Trinajstić information content (AvgIpc) is 3.22. The number of aromatic nitrogens is 2. The van der Waals surface area contributed by atoms with E-state index in [1.54, 1.807) is 6.20 Å². The van der Waals surface area contributed by atoms with E-state index in [0.29, 0.717) is 33.1 Å². The number of fused-ring (bicyclic) bond motifs is 2. The van der Waals surface area contributed by atoms with Gasteiger partial charge in [0.25, 0.3) is 5.91 Å². The molecule has 0 spiro atoms. The number of aliphatic hydroxyl groups is 1. The fourth-order valence-electron chi connectivity index (χ4n) is 4.84. The van der Waals surface area contributed by atoms with Crippen molar-refractivity contribution in [2.75, 3.05) is 26.3 Å². The van der Waals surface area contributed by atoms with Crippen molar-refractivity contribution in [3.8, 4) is 11.1 Å². The van der Waals surface area contributed by atoms with Gasteiger partial charge in [0.2, 0.25) is 5.60 Å². The first kappa shape index (κ1) is 23.8. The second-order valence-electron chi connectivity index (χ2n) is 9.42. The van der Waals surface area contributed by atoms with Crippen LogP contribution in [0.2, 0.25) is 0 Å². The number of rotatable bonds is 3. The van der Waals surface area contributed by atoms with Crippen LogP contribution in [-0.2, 0) is 22.5 Å². The van der Waals surface area contributed by atoms with Gasteiger partial charge in [-0.15, -0.1) is 0 Å². The molecule has 3 aromatic rings. The van der Waals surface area contributed by atoms with Crippen molar-refractivity contribution >= 4 is 16.9 Å². The van der Waals surface area contributed by atoms with Gasteiger partial charge >= 0.3 is 6.18 Å². The molecule has 7 nitrogen and oxygen atoms in total. The average molecular weight is 489 g/mol. The maximum absolute atomic E-state index is 13.3. The Kier molecular flexibility index (Phi) is 5.85. The molecule has 5 rings (SSSR count). The Labute approximate surface area is 200 Å². The Bertz CT molecular complexity index is 1280. The highest BCUT2D eigenvalue weighted by Gasteiger charge is 2.57. The van der Waals surface area contributed by atoms with Crippen LogP contribution in [0.1, 0.15) is 35.2 Å². The number of ether oxygens (including phenoxy) is 1. The number of morpholine rings is 1. The molecule has 1 aromatic carbocycles. The third-order valence-corrected chi connectivity index (χ3v) is 7.00. The molecule has 2 aromatic heterocycles. The van der Waals surface area contributed by atoms with Crippen molar-refractivity contribution < 1.29 is 27.8 Å². The molecule has 1 amide bonds. The van der Waals surface area contributed by atoms with Gasteiger partial charge in [-0.2, -0.15) is 13.2 Å². The van der Waals surface area contributed by atoms with Crippen LogP contribution in [0, 0.1) is 6.92 Å². The maximum Gasteiger partial charge on any atom is 0.426 e. The maximum atomic E-state index is 13.3. The van der Waals surface area contributed by atoms with Crippen LogP contribution in [0.25, 0.3) is 22.2 Å². The number of alkyl halides is 3. The number of benzene rings is 1. The molecule has 4 heterocycles. The van der Waals surface area contributed by atoms with E-state index in [-0.39, 0.29) is 19.1 Å². The molecule has 0 radical (unpaired) electrons. The molecule has 2 atom stereocenters. The number of nitrogens with one attached hydrogen (secondary N) is 2. The van der Waals surface area contributed by atoms with Crippen molar-refractivity contribution in [1.82, 2.24) is 20.2 Å². The number of carbonyl (C=O) groups excluding carboxylic acids is 1. The third-order valence-electron chi connectivity index (χ3n) is 7.00. The van der Waals surface area contributed by atoms with Crippen LogP contribution in [-0.4, -0.2) is 64.0 Å². The molecular weight excluding hydrogens is 461 g/mol. The van der Waals surface area contributed by atoms with Crippen molar-refractivity contribution in [1.29, 1.82) is 0 Å². The molecule has 0 unspecified atom stereocenters. The molecular formula is C25H27F3N4O3. The van der Waals surface area contributed by atoms with Crippen LogP contribution in [0.4, 0.5) is 13.2 Å². The van der Waals surface area contributed by atoms with E-state index in [0.717, 1.165) is 49.3 Å². The van der Waals surface area contributed by atoms with Gasteiger partial charge in [0, 0.05) is 43.0 Å². The molecule has 10 heteroatoms. The summed E-state index contributed by atoms with van der Waals surface area (Å²) in [4.78, 5) is 21.5. The fraction of sp³-hybridized carbons (Fsp3) is 0.440. The van der Waals surface area contributed by atoms with Crippen LogP contribution < -0.4 is 5.32 Å².